The van der Waals surface area contributed by atoms with Crippen LogP contribution in [0.3, 0.4) is 0 Å². The van der Waals surface area contributed by atoms with E-state index in [0.717, 1.165) is 37.7 Å². The molecular formula is C32H49N5O5S. The highest BCUT2D eigenvalue weighted by molar-refractivity contribution is 7.99. The first kappa shape index (κ1) is 34.4. The zero-order chi connectivity index (χ0) is 31.4. The number of aliphatic hydroxyl groups is 1. The van der Waals surface area contributed by atoms with Gasteiger partial charge in [-0.15, -0.1) is 0 Å². The van der Waals surface area contributed by atoms with Gasteiger partial charge in [-0.05, 0) is 50.3 Å². The minimum Gasteiger partial charge on any atom is -0.444 e. The summed E-state index contributed by atoms with van der Waals surface area (Å²) < 4.78 is 5.43. The highest BCUT2D eigenvalue weighted by Crippen LogP contribution is 2.29. The van der Waals surface area contributed by atoms with Crippen molar-refractivity contribution in [3.8, 4) is 0 Å². The molecule has 1 aromatic carbocycles. The lowest BCUT2D eigenvalue weighted by Crippen LogP contribution is -2.59. The summed E-state index contributed by atoms with van der Waals surface area (Å²) in [6, 6.07) is 6.95. The van der Waals surface area contributed by atoms with Crippen molar-refractivity contribution in [1.29, 1.82) is 0 Å². The molecule has 0 saturated heterocycles. The van der Waals surface area contributed by atoms with Gasteiger partial charge in [0.15, 0.2) is 0 Å². The monoisotopic (exact) mass is 615 g/mol. The molecule has 1 fully saturated rings. The number of nitrogens with zero attached hydrogens (tertiary/aromatic N) is 1. The minimum atomic E-state index is -0.989. The quantitative estimate of drug-likeness (QED) is 0.215. The molecule has 43 heavy (non-hydrogen) atoms. The maximum Gasteiger partial charge on any atom is 0.408 e. The molecule has 1 aliphatic rings. The number of carbonyl (C=O) groups is 3. The average Bonchev–Trinajstić information content (AvgIpc) is 3.47. The summed E-state index contributed by atoms with van der Waals surface area (Å²) in [6.07, 6.45) is 7.21. The second-order valence-electron chi connectivity index (χ2n) is 12.6. The third kappa shape index (κ3) is 12.2. The number of imidazole rings is 1. The van der Waals surface area contributed by atoms with E-state index in [-0.39, 0.29) is 24.7 Å². The van der Waals surface area contributed by atoms with Crippen LogP contribution in [0, 0.1) is 5.92 Å². The Balaban J connectivity index is 1.82. The number of amides is 3. The fourth-order valence-electron chi connectivity index (χ4n) is 5.29. The summed E-state index contributed by atoms with van der Waals surface area (Å²) in [6.45, 7) is 9.42. The molecule has 1 saturated carbocycles. The van der Waals surface area contributed by atoms with E-state index in [1.54, 1.807) is 38.7 Å². The summed E-state index contributed by atoms with van der Waals surface area (Å²) in [5.74, 6) is -0.235. The first-order chi connectivity index (χ1) is 20.4. The van der Waals surface area contributed by atoms with Crippen molar-refractivity contribution >= 4 is 29.7 Å². The van der Waals surface area contributed by atoms with Crippen LogP contribution in [0.1, 0.15) is 78.0 Å². The molecule has 0 radical (unpaired) electrons. The topological polar surface area (TPSA) is 145 Å². The van der Waals surface area contributed by atoms with Crippen LogP contribution in [0.4, 0.5) is 4.79 Å². The lowest BCUT2D eigenvalue weighted by molar-refractivity contribution is -0.131. The number of hydrogen-bond acceptors (Lipinski definition) is 7. The lowest BCUT2D eigenvalue weighted by Gasteiger charge is -2.35. The molecule has 3 amide bonds. The van der Waals surface area contributed by atoms with Crippen LogP contribution in [0.25, 0.3) is 0 Å². The van der Waals surface area contributed by atoms with Gasteiger partial charge >= 0.3 is 6.09 Å². The zero-order valence-corrected chi connectivity index (χ0v) is 26.9. The molecule has 1 aliphatic carbocycles. The number of benzene rings is 1. The number of hydrogen-bond donors (Lipinski definition) is 5. The normalized spacial score (nSPS) is 17.0. The van der Waals surface area contributed by atoms with Crippen LogP contribution < -0.4 is 16.0 Å². The van der Waals surface area contributed by atoms with E-state index in [4.69, 9.17) is 4.74 Å². The Bertz CT molecular complexity index is 1130. The summed E-state index contributed by atoms with van der Waals surface area (Å²) in [5, 5.41) is 20.3. The summed E-state index contributed by atoms with van der Waals surface area (Å²) in [7, 11) is 0. The maximum atomic E-state index is 13.9. The van der Waals surface area contributed by atoms with Crippen LogP contribution in [-0.2, 0) is 27.2 Å². The van der Waals surface area contributed by atoms with Gasteiger partial charge in [-0.1, -0.05) is 63.4 Å². The van der Waals surface area contributed by atoms with Gasteiger partial charge in [-0.2, -0.15) is 11.8 Å². The van der Waals surface area contributed by atoms with Gasteiger partial charge in [0.05, 0.1) is 18.5 Å². The Morgan fingerprint density at radius 2 is 1.65 bits per heavy atom. The third-order valence-corrected chi connectivity index (χ3v) is 8.58. The number of nitrogens with one attached hydrogen (secondary N) is 4. The highest BCUT2D eigenvalue weighted by Gasteiger charge is 2.35. The summed E-state index contributed by atoms with van der Waals surface area (Å²) in [4.78, 5) is 47.4. The van der Waals surface area contributed by atoms with Gasteiger partial charge in [-0.3, -0.25) is 9.59 Å². The Labute approximate surface area is 259 Å². The molecule has 0 unspecified atom stereocenters. The molecule has 0 aliphatic heterocycles. The van der Waals surface area contributed by atoms with E-state index >= 15 is 0 Å². The van der Waals surface area contributed by atoms with Gasteiger partial charge in [0.25, 0.3) is 0 Å². The van der Waals surface area contributed by atoms with E-state index in [2.05, 4.69) is 39.8 Å². The number of aromatic nitrogens is 2. The van der Waals surface area contributed by atoms with Gasteiger partial charge in [0.1, 0.15) is 17.7 Å². The van der Waals surface area contributed by atoms with Crippen LogP contribution in [-0.4, -0.2) is 73.8 Å². The van der Waals surface area contributed by atoms with Crippen LogP contribution >= 0.6 is 11.8 Å². The van der Waals surface area contributed by atoms with Crippen molar-refractivity contribution in [3.05, 3.63) is 54.1 Å². The van der Waals surface area contributed by atoms with Crippen molar-refractivity contribution in [2.24, 2.45) is 5.92 Å². The number of thioether (sulfide) groups is 1. The number of aliphatic hydroxyl groups excluding tert-OH is 1. The predicted molar refractivity (Wildman–Crippen MR) is 170 cm³/mol. The smallest absolute Gasteiger partial charge is 0.408 e. The van der Waals surface area contributed by atoms with Gasteiger partial charge in [-0.25, -0.2) is 9.78 Å². The molecular weight excluding hydrogens is 566 g/mol. The molecule has 10 nitrogen and oxygen atoms in total. The van der Waals surface area contributed by atoms with E-state index in [0.29, 0.717) is 16.7 Å². The van der Waals surface area contributed by atoms with Crippen LogP contribution in [0.2, 0.25) is 0 Å². The zero-order valence-electron chi connectivity index (χ0n) is 26.1. The Morgan fingerprint density at radius 3 is 2.26 bits per heavy atom. The van der Waals surface area contributed by atoms with Crippen molar-refractivity contribution in [1.82, 2.24) is 25.9 Å². The van der Waals surface area contributed by atoms with Gasteiger partial charge < -0.3 is 30.8 Å². The second kappa shape index (κ2) is 16.7. The maximum absolute atomic E-state index is 13.9. The highest BCUT2D eigenvalue weighted by atomic mass is 32.2. The number of aromatic amines is 1. The SMILES string of the molecule is CC(C)SC[C@H](O)[C@@H](NC(=O)[C@H](Cc1cnc[nH]1)NC(=O)[C@H](Cc1ccccc1)NC(=O)OC(C)(C)C)C1CCCCC1. The predicted octanol–water partition coefficient (Wildman–Crippen LogP) is 4.14. The fraction of sp³-hybridized carbons (Fsp3) is 0.625. The molecule has 3 rings (SSSR count). The summed E-state index contributed by atoms with van der Waals surface area (Å²) in [5.41, 5.74) is 0.769. The van der Waals surface area contributed by atoms with Crippen molar-refractivity contribution < 1.29 is 24.2 Å². The summed E-state index contributed by atoms with van der Waals surface area (Å²) >= 11 is 1.66. The number of rotatable bonds is 14. The van der Waals surface area contributed by atoms with Crippen molar-refractivity contribution in [2.45, 2.75) is 115 Å². The molecule has 11 heteroatoms. The minimum absolute atomic E-state index is 0.156. The van der Waals surface area contributed by atoms with E-state index in [9.17, 15) is 19.5 Å². The number of alkyl carbamates (subject to hydrolysis) is 1. The molecule has 4 atom stereocenters. The Morgan fingerprint density at radius 1 is 1.00 bits per heavy atom. The van der Waals surface area contributed by atoms with Gasteiger partial charge in [0, 0.05) is 30.5 Å². The molecule has 5 N–H and O–H groups in total. The number of ether oxygens (including phenoxy) is 1. The van der Waals surface area contributed by atoms with Crippen LogP contribution in [0.15, 0.2) is 42.9 Å². The number of carbonyl (C=O) groups excluding carboxylic acids is 3. The van der Waals surface area contributed by atoms with E-state index < -0.39 is 41.8 Å². The standard InChI is InChI=1S/C32H49N5O5S/c1-21(2)43-19-27(38)28(23-14-10-7-11-15-23)37-30(40)26(17-24-18-33-20-34-24)35-29(39)25(16-22-12-8-6-9-13-22)36-31(41)42-32(3,4)5/h6,8-9,12-13,18,20-21,23,25-28,38H,7,10-11,14-17,19H2,1-5H3,(H,33,34)(H,35,39)(H,36,41)(H,37,40)/t25-,26-,27-,28-/m0/s1. The van der Waals surface area contributed by atoms with Crippen molar-refractivity contribution in [3.63, 3.8) is 0 Å². The van der Waals surface area contributed by atoms with Crippen LogP contribution in [0.5, 0.6) is 0 Å². The third-order valence-electron chi connectivity index (χ3n) is 7.38. The molecule has 238 valence electrons. The lowest BCUT2D eigenvalue weighted by atomic mass is 9.82. The molecule has 0 bridgehead atoms. The Hall–Kier alpha value is -3.05. The first-order valence-electron chi connectivity index (χ1n) is 15.3. The molecule has 1 aromatic heterocycles. The Kier molecular flexibility index (Phi) is 13.4. The molecule has 2 aromatic rings. The van der Waals surface area contributed by atoms with E-state index in [1.165, 1.54) is 6.33 Å². The number of H-pyrrole nitrogens is 1. The largest absolute Gasteiger partial charge is 0.444 e. The van der Waals surface area contributed by atoms with Crippen molar-refractivity contribution in [2.75, 3.05) is 5.75 Å². The first-order valence-corrected chi connectivity index (χ1v) is 16.4. The molecule has 0 spiro atoms. The fourth-order valence-corrected chi connectivity index (χ4v) is 6.08. The molecule has 1 heterocycles. The average molecular weight is 616 g/mol. The second-order valence-corrected chi connectivity index (χ2v) is 14.2. The van der Waals surface area contributed by atoms with Gasteiger partial charge in [0.2, 0.25) is 11.8 Å². The van der Waals surface area contributed by atoms with E-state index in [1.807, 2.05) is 30.3 Å².